The van der Waals surface area contributed by atoms with Gasteiger partial charge in [0.25, 0.3) is 0 Å². The molecule has 4 heteroatoms. The number of nitrogens with one attached hydrogen (secondary N) is 1. The molecule has 0 aliphatic carbocycles. The van der Waals surface area contributed by atoms with Gasteiger partial charge in [-0.2, -0.15) is 0 Å². The van der Waals surface area contributed by atoms with Crippen molar-refractivity contribution in [2.75, 3.05) is 0 Å². The molecule has 0 aromatic heterocycles. The fourth-order valence-corrected chi connectivity index (χ4v) is 1.71. The summed E-state index contributed by atoms with van der Waals surface area (Å²) in [5.41, 5.74) is 0.424. The van der Waals surface area contributed by atoms with Crippen LogP contribution >= 0.6 is 0 Å². The molecule has 1 N–H and O–H groups in total. The Kier molecular flexibility index (Phi) is 4.13. The number of para-hydroxylation sites is 1. The first-order valence-corrected chi connectivity index (χ1v) is 5.94. The molecule has 2 rings (SSSR count). The Morgan fingerprint density at radius 2 is 1.74 bits per heavy atom. The van der Waals surface area contributed by atoms with Gasteiger partial charge in [0, 0.05) is 5.56 Å². The Balaban J connectivity index is 1.98. The molecule has 0 bridgehead atoms. The van der Waals surface area contributed by atoms with Crippen LogP contribution in [-0.2, 0) is 0 Å². The monoisotopic (exact) mass is 259 g/mol. The van der Waals surface area contributed by atoms with Crippen LogP contribution < -0.4 is 10.1 Å². The largest absolute Gasteiger partial charge is 0.413 e. The molecule has 2 aromatic carbocycles. The molecule has 0 fully saturated rings. The SMILES string of the molecule is C[C@H](NC(=O)Oc1ccccc1)c1ccccc1F. The number of carbonyl (C=O) groups excluding carboxylic acids is 1. The number of halogens is 1. The summed E-state index contributed by atoms with van der Waals surface area (Å²) in [6, 6.07) is 14.6. The maximum atomic E-state index is 13.5. The van der Waals surface area contributed by atoms with E-state index in [-0.39, 0.29) is 5.82 Å². The lowest BCUT2D eigenvalue weighted by Crippen LogP contribution is -2.30. The highest BCUT2D eigenvalue weighted by atomic mass is 19.1. The van der Waals surface area contributed by atoms with E-state index in [1.54, 1.807) is 49.4 Å². The highest BCUT2D eigenvalue weighted by Crippen LogP contribution is 2.16. The number of hydrogen-bond donors (Lipinski definition) is 1. The number of amides is 1. The molecule has 0 aliphatic rings. The number of benzene rings is 2. The second-order valence-corrected chi connectivity index (χ2v) is 4.09. The summed E-state index contributed by atoms with van der Waals surface area (Å²) in [5.74, 6) is 0.0933. The first kappa shape index (κ1) is 13.1. The van der Waals surface area contributed by atoms with Crippen LogP contribution in [0, 0.1) is 5.82 Å². The predicted molar refractivity (Wildman–Crippen MR) is 70.4 cm³/mol. The number of hydrogen-bond acceptors (Lipinski definition) is 2. The summed E-state index contributed by atoms with van der Waals surface area (Å²) in [6.45, 7) is 1.70. The van der Waals surface area contributed by atoms with E-state index in [1.165, 1.54) is 6.07 Å². The molecule has 19 heavy (non-hydrogen) atoms. The molecule has 0 aliphatic heterocycles. The van der Waals surface area contributed by atoms with Crippen molar-refractivity contribution in [1.29, 1.82) is 0 Å². The van der Waals surface area contributed by atoms with Gasteiger partial charge in [-0.25, -0.2) is 9.18 Å². The van der Waals surface area contributed by atoms with E-state index in [1.807, 2.05) is 6.07 Å². The highest BCUT2D eigenvalue weighted by Gasteiger charge is 2.14. The first-order chi connectivity index (χ1) is 9.16. The Hall–Kier alpha value is -2.36. The standard InChI is InChI=1S/C15H14FNO2/c1-11(13-9-5-6-10-14(13)16)17-15(18)19-12-7-3-2-4-8-12/h2-11H,1H3,(H,17,18)/t11-/m0/s1. The molecule has 1 atom stereocenters. The third-order valence-electron chi connectivity index (χ3n) is 2.66. The Labute approximate surface area is 111 Å². The predicted octanol–water partition coefficient (Wildman–Crippen LogP) is 3.68. The van der Waals surface area contributed by atoms with Crippen LogP contribution in [0.4, 0.5) is 9.18 Å². The zero-order valence-electron chi connectivity index (χ0n) is 10.5. The summed E-state index contributed by atoms with van der Waals surface area (Å²) in [7, 11) is 0. The van der Waals surface area contributed by atoms with Gasteiger partial charge < -0.3 is 10.1 Å². The van der Waals surface area contributed by atoms with Crippen molar-refractivity contribution in [3.8, 4) is 5.75 Å². The van der Waals surface area contributed by atoms with E-state index < -0.39 is 12.1 Å². The van der Waals surface area contributed by atoms with E-state index in [4.69, 9.17) is 4.74 Å². The average Bonchev–Trinajstić information content (AvgIpc) is 2.40. The van der Waals surface area contributed by atoms with Gasteiger partial charge in [-0.15, -0.1) is 0 Å². The van der Waals surface area contributed by atoms with Crippen molar-refractivity contribution in [3.63, 3.8) is 0 Å². The molecular formula is C15H14FNO2. The van der Waals surface area contributed by atoms with Gasteiger partial charge in [0.2, 0.25) is 0 Å². The fourth-order valence-electron chi connectivity index (χ4n) is 1.71. The Bertz CT molecular complexity index is 557. The minimum Gasteiger partial charge on any atom is -0.410 e. The van der Waals surface area contributed by atoms with Crippen LogP contribution in [-0.4, -0.2) is 6.09 Å². The van der Waals surface area contributed by atoms with Gasteiger partial charge in [0.1, 0.15) is 11.6 Å². The molecule has 1 amide bonds. The summed E-state index contributed by atoms with van der Waals surface area (Å²) < 4.78 is 18.6. The molecule has 0 saturated heterocycles. The van der Waals surface area contributed by atoms with Crippen LogP contribution in [0.2, 0.25) is 0 Å². The van der Waals surface area contributed by atoms with Crippen molar-refractivity contribution in [1.82, 2.24) is 5.32 Å². The fraction of sp³-hybridized carbons (Fsp3) is 0.133. The van der Waals surface area contributed by atoms with Crippen molar-refractivity contribution < 1.29 is 13.9 Å². The van der Waals surface area contributed by atoms with Crippen LogP contribution in [0.1, 0.15) is 18.5 Å². The third kappa shape index (κ3) is 3.55. The second-order valence-electron chi connectivity index (χ2n) is 4.09. The normalized spacial score (nSPS) is 11.7. The van der Waals surface area contributed by atoms with Crippen molar-refractivity contribution in [2.45, 2.75) is 13.0 Å². The van der Waals surface area contributed by atoms with E-state index in [2.05, 4.69) is 5.32 Å². The Morgan fingerprint density at radius 1 is 1.11 bits per heavy atom. The topological polar surface area (TPSA) is 38.3 Å². The first-order valence-electron chi connectivity index (χ1n) is 5.94. The van der Waals surface area contributed by atoms with Crippen molar-refractivity contribution >= 4 is 6.09 Å². The maximum absolute atomic E-state index is 13.5. The molecule has 0 heterocycles. The zero-order valence-corrected chi connectivity index (χ0v) is 10.5. The lowest BCUT2D eigenvalue weighted by Gasteiger charge is -2.14. The quantitative estimate of drug-likeness (QED) is 0.913. The highest BCUT2D eigenvalue weighted by molar-refractivity contribution is 5.70. The van der Waals surface area contributed by atoms with Gasteiger partial charge >= 0.3 is 6.09 Å². The second kappa shape index (κ2) is 6.00. The van der Waals surface area contributed by atoms with Gasteiger partial charge in [-0.05, 0) is 25.1 Å². The molecule has 0 unspecified atom stereocenters. The smallest absolute Gasteiger partial charge is 0.410 e. The molecule has 2 aromatic rings. The molecule has 0 radical (unpaired) electrons. The summed E-state index contributed by atoms with van der Waals surface area (Å²) in [4.78, 5) is 11.7. The molecule has 98 valence electrons. The summed E-state index contributed by atoms with van der Waals surface area (Å²) in [6.07, 6.45) is -0.609. The van der Waals surface area contributed by atoms with Crippen LogP contribution in [0.15, 0.2) is 54.6 Å². The maximum Gasteiger partial charge on any atom is 0.413 e. The van der Waals surface area contributed by atoms with Crippen LogP contribution in [0.25, 0.3) is 0 Å². The molecule has 0 spiro atoms. The van der Waals surface area contributed by atoms with Crippen molar-refractivity contribution in [2.24, 2.45) is 0 Å². The van der Waals surface area contributed by atoms with Gasteiger partial charge in [0.15, 0.2) is 0 Å². The van der Waals surface area contributed by atoms with Gasteiger partial charge in [-0.1, -0.05) is 36.4 Å². The van der Waals surface area contributed by atoms with E-state index >= 15 is 0 Å². The average molecular weight is 259 g/mol. The molecule has 0 saturated carbocycles. The number of carbonyl (C=O) groups is 1. The minimum absolute atomic E-state index is 0.352. The summed E-state index contributed by atoms with van der Waals surface area (Å²) >= 11 is 0. The zero-order chi connectivity index (χ0) is 13.7. The number of rotatable bonds is 3. The van der Waals surface area contributed by atoms with Crippen molar-refractivity contribution in [3.05, 3.63) is 66.0 Å². The van der Waals surface area contributed by atoms with Crippen LogP contribution in [0.5, 0.6) is 5.75 Å². The lowest BCUT2D eigenvalue weighted by atomic mass is 10.1. The van der Waals surface area contributed by atoms with E-state index in [0.29, 0.717) is 11.3 Å². The third-order valence-corrected chi connectivity index (χ3v) is 2.66. The van der Waals surface area contributed by atoms with E-state index in [0.717, 1.165) is 0 Å². The molecular weight excluding hydrogens is 245 g/mol. The molecule has 3 nitrogen and oxygen atoms in total. The lowest BCUT2D eigenvalue weighted by molar-refractivity contribution is 0.196. The van der Waals surface area contributed by atoms with Crippen LogP contribution in [0.3, 0.4) is 0 Å². The minimum atomic E-state index is -0.609. The van der Waals surface area contributed by atoms with Gasteiger partial charge in [-0.3, -0.25) is 0 Å². The van der Waals surface area contributed by atoms with E-state index in [9.17, 15) is 9.18 Å². The number of ether oxygens (including phenoxy) is 1. The summed E-state index contributed by atoms with van der Waals surface area (Å²) in [5, 5.41) is 2.58. The Morgan fingerprint density at radius 3 is 2.42 bits per heavy atom. The van der Waals surface area contributed by atoms with Gasteiger partial charge in [0.05, 0.1) is 6.04 Å².